The molecule has 100 valence electrons. The first-order valence-electron chi connectivity index (χ1n) is 7.19. The van der Waals surface area contributed by atoms with Crippen molar-refractivity contribution >= 4 is 16.6 Å². The van der Waals surface area contributed by atoms with Crippen molar-refractivity contribution in [3.05, 3.63) is 40.7 Å². The summed E-state index contributed by atoms with van der Waals surface area (Å²) in [5.74, 6) is 0. The molecule has 1 aliphatic rings. The van der Waals surface area contributed by atoms with Gasteiger partial charge in [0.1, 0.15) is 5.69 Å². The molecule has 0 aliphatic carbocycles. The lowest BCUT2D eigenvalue weighted by atomic mass is 10.1. The van der Waals surface area contributed by atoms with E-state index in [-0.39, 0.29) is 5.56 Å². The lowest BCUT2D eigenvalue weighted by molar-refractivity contribution is 0.574. The Kier molecular flexibility index (Phi) is 3.28. The topological polar surface area (TPSA) is 25.2 Å². The molecule has 19 heavy (non-hydrogen) atoms. The zero-order valence-electron chi connectivity index (χ0n) is 11.4. The van der Waals surface area contributed by atoms with Crippen molar-refractivity contribution in [2.75, 3.05) is 18.0 Å². The Labute approximate surface area is 113 Å². The van der Waals surface area contributed by atoms with Gasteiger partial charge in [0.2, 0.25) is 0 Å². The normalized spacial score (nSPS) is 15.9. The van der Waals surface area contributed by atoms with Crippen molar-refractivity contribution in [1.29, 1.82) is 0 Å². The molecule has 3 rings (SSSR count). The first kappa shape index (κ1) is 12.3. The van der Waals surface area contributed by atoms with E-state index in [1.54, 1.807) is 0 Å². The van der Waals surface area contributed by atoms with Crippen molar-refractivity contribution in [2.24, 2.45) is 0 Å². The van der Waals surface area contributed by atoms with Crippen LogP contribution >= 0.6 is 0 Å². The van der Waals surface area contributed by atoms with Gasteiger partial charge in [-0.2, -0.15) is 0 Å². The van der Waals surface area contributed by atoms with Gasteiger partial charge in [-0.3, -0.25) is 4.79 Å². The van der Waals surface area contributed by atoms with Gasteiger partial charge in [-0.1, -0.05) is 18.2 Å². The maximum Gasteiger partial charge on any atom is 0.274 e. The number of pyridine rings is 1. The molecule has 2 aromatic rings. The van der Waals surface area contributed by atoms with Crippen LogP contribution in [0.1, 0.15) is 26.2 Å². The lowest BCUT2D eigenvalue weighted by Crippen LogP contribution is -2.35. The van der Waals surface area contributed by atoms with Crippen LogP contribution in [0.3, 0.4) is 0 Å². The summed E-state index contributed by atoms with van der Waals surface area (Å²) in [6.45, 7) is 4.78. The summed E-state index contributed by atoms with van der Waals surface area (Å²) in [6.07, 6.45) is 3.67. The van der Waals surface area contributed by atoms with Crippen molar-refractivity contribution in [3.63, 3.8) is 0 Å². The van der Waals surface area contributed by atoms with Crippen LogP contribution in [0.15, 0.2) is 35.1 Å². The van der Waals surface area contributed by atoms with E-state index in [2.05, 4.69) is 17.0 Å². The summed E-state index contributed by atoms with van der Waals surface area (Å²) < 4.78 is 1.89. The van der Waals surface area contributed by atoms with Crippen LogP contribution in [-0.4, -0.2) is 17.7 Å². The van der Waals surface area contributed by atoms with Gasteiger partial charge < -0.3 is 9.47 Å². The molecule has 1 aromatic heterocycles. The van der Waals surface area contributed by atoms with E-state index >= 15 is 0 Å². The van der Waals surface area contributed by atoms with Gasteiger partial charge in [0.15, 0.2) is 0 Å². The number of benzene rings is 1. The molecule has 0 spiro atoms. The van der Waals surface area contributed by atoms with Crippen LogP contribution in [0.2, 0.25) is 0 Å². The number of aryl methyl sites for hydroxylation is 1. The third kappa shape index (κ3) is 2.14. The molecule has 0 atom stereocenters. The van der Waals surface area contributed by atoms with E-state index in [0.717, 1.165) is 36.2 Å². The summed E-state index contributed by atoms with van der Waals surface area (Å²) >= 11 is 0. The molecular formula is C16H20N2O. The van der Waals surface area contributed by atoms with Crippen LogP contribution in [0.25, 0.3) is 10.9 Å². The molecule has 1 fully saturated rings. The molecule has 1 aromatic carbocycles. The summed E-state index contributed by atoms with van der Waals surface area (Å²) in [7, 11) is 0. The van der Waals surface area contributed by atoms with E-state index in [1.165, 1.54) is 19.3 Å². The van der Waals surface area contributed by atoms with Crippen molar-refractivity contribution < 1.29 is 0 Å². The Bertz CT molecular complexity index is 639. The number of fused-ring (bicyclic) bond motifs is 1. The molecule has 3 heteroatoms. The van der Waals surface area contributed by atoms with Crippen LogP contribution in [-0.2, 0) is 6.54 Å². The molecule has 0 unspecified atom stereocenters. The number of aromatic nitrogens is 1. The molecule has 2 heterocycles. The fourth-order valence-electron chi connectivity index (χ4n) is 2.99. The Hall–Kier alpha value is -1.77. The van der Waals surface area contributed by atoms with Gasteiger partial charge in [-0.15, -0.1) is 0 Å². The van der Waals surface area contributed by atoms with Gasteiger partial charge in [0.25, 0.3) is 5.56 Å². The van der Waals surface area contributed by atoms with Gasteiger partial charge in [0, 0.05) is 25.0 Å². The van der Waals surface area contributed by atoms with E-state index < -0.39 is 0 Å². The Morgan fingerprint density at radius 2 is 1.84 bits per heavy atom. The minimum atomic E-state index is 0.156. The highest BCUT2D eigenvalue weighted by molar-refractivity contribution is 5.82. The Morgan fingerprint density at radius 3 is 2.58 bits per heavy atom. The average molecular weight is 256 g/mol. The first-order valence-corrected chi connectivity index (χ1v) is 7.19. The summed E-state index contributed by atoms with van der Waals surface area (Å²) in [5.41, 5.74) is 2.07. The summed E-state index contributed by atoms with van der Waals surface area (Å²) in [5, 5.41) is 1.16. The average Bonchev–Trinajstić information content (AvgIpc) is 2.47. The molecule has 0 radical (unpaired) electrons. The van der Waals surface area contributed by atoms with Crippen LogP contribution in [0.4, 0.5) is 5.69 Å². The second-order valence-electron chi connectivity index (χ2n) is 5.19. The smallest absolute Gasteiger partial charge is 0.274 e. The summed E-state index contributed by atoms with van der Waals surface area (Å²) in [4.78, 5) is 14.9. The Morgan fingerprint density at radius 1 is 1.11 bits per heavy atom. The second-order valence-corrected chi connectivity index (χ2v) is 5.19. The standard InChI is InChI=1S/C16H20N2O/c1-2-18-14-9-5-4-8-13(14)12-15(16(18)19)17-10-6-3-7-11-17/h4-5,8-9,12H,2-3,6-7,10-11H2,1H3. The minimum Gasteiger partial charge on any atom is -0.367 e. The quantitative estimate of drug-likeness (QED) is 0.825. The highest BCUT2D eigenvalue weighted by Gasteiger charge is 2.16. The molecule has 0 N–H and O–H groups in total. The number of nitrogens with zero attached hydrogens (tertiary/aromatic N) is 2. The van der Waals surface area contributed by atoms with Gasteiger partial charge in [-0.25, -0.2) is 0 Å². The molecule has 1 saturated heterocycles. The maximum atomic E-state index is 12.6. The van der Waals surface area contributed by atoms with Gasteiger partial charge in [-0.05, 0) is 38.3 Å². The lowest BCUT2D eigenvalue weighted by Gasteiger charge is -2.29. The zero-order valence-corrected chi connectivity index (χ0v) is 11.4. The van der Waals surface area contributed by atoms with E-state index in [0.29, 0.717) is 0 Å². The first-order chi connectivity index (χ1) is 9.31. The van der Waals surface area contributed by atoms with Crippen LogP contribution < -0.4 is 10.5 Å². The molecule has 0 saturated carbocycles. The van der Waals surface area contributed by atoms with Gasteiger partial charge >= 0.3 is 0 Å². The zero-order chi connectivity index (χ0) is 13.2. The largest absolute Gasteiger partial charge is 0.367 e. The highest BCUT2D eigenvalue weighted by atomic mass is 16.1. The predicted octanol–water partition coefficient (Wildman–Crippen LogP) is 3.01. The number of para-hydroxylation sites is 1. The number of hydrogen-bond acceptors (Lipinski definition) is 2. The monoisotopic (exact) mass is 256 g/mol. The fraction of sp³-hybridized carbons (Fsp3) is 0.438. The molecular weight excluding hydrogens is 236 g/mol. The SMILES string of the molecule is CCn1c(=O)c(N2CCCCC2)cc2ccccc21. The third-order valence-corrected chi connectivity index (χ3v) is 4.00. The molecule has 3 nitrogen and oxygen atoms in total. The van der Waals surface area contributed by atoms with E-state index in [9.17, 15) is 4.79 Å². The van der Waals surface area contributed by atoms with Crippen LogP contribution in [0.5, 0.6) is 0 Å². The molecule has 1 aliphatic heterocycles. The maximum absolute atomic E-state index is 12.6. The number of anilines is 1. The number of piperidine rings is 1. The molecule has 0 amide bonds. The predicted molar refractivity (Wildman–Crippen MR) is 79.9 cm³/mol. The highest BCUT2D eigenvalue weighted by Crippen LogP contribution is 2.21. The van der Waals surface area contributed by atoms with Crippen molar-refractivity contribution in [2.45, 2.75) is 32.7 Å². The van der Waals surface area contributed by atoms with Gasteiger partial charge in [0.05, 0.1) is 5.52 Å². The van der Waals surface area contributed by atoms with E-state index in [4.69, 9.17) is 0 Å². The Balaban J connectivity index is 2.19. The third-order valence-electron chi connectivity index (χ3n) is 4.00. The summed E-state index contributed by atoms with van der Waals surface area (Å²) in [6, 6.07) is 10.2. The second kappa shape index (κ2) is 5.08. The number of rotatable bonds is 2. The van der Waals surface area contributed by atoms with Crippen LogP contribution in [0, 0.1) is 0 Å². The van der Waals surface area contributed by atoms with Crippen molar-refractivity contribution in [1.82, 2.24) is 4.57 Å². The van der Waals surface area contributed by atoms with Crippen molar-refractivity contribution in [3.8, 4) is 0 Å². The van der Waals surface area contributed by atoms with E-state index in [1.807, 2.05) is 29.7 Å². The minimum absolute atomic E-state index is 0.156. The number of hydrogen-bond donors (Lipinski definition) is 0. The fourth-order valence-corrected chi connectivity index (χ4v) is 2.99. The molecule has 0 bridgehead atoms.